The van der Waals surface area contributed by atoms with Crippen LogP contribution in [0.1, 0.15) is 29.7 Å². The topological polar surface area (TPSA) is 94.2 Å². The lowest BCUT2D eigenvalue weighted by Crippen LogP contribution is -2.51. The predicted octanol–water partition coefficient (Wildman–Crippen LogP) is 3.91. The zero-order chi connectivity index (χ0) is 25.4. The molecule has 2 aliphatic rings. The van der Waals surface area contributed by atoms with E-state index in [1.807, 2.05) is 45.0 Å². The number of rotatable bonds is 5. The first-order valence-electron chi connectivity index (χ1n) is 11.8. The van der Waals surface area contributed by atoms with E-state index in [1.165, 1.54) is 4.31 Å². The van der Waals surface area contributed by atoms with Gasteiger partial charge in [0.05, 0.1) is 23.2 Å². The van der Waals surface area contributed by atoms with E-state index >= 15 is 0 Å². The van der Waals surface area contributed by atoms with Crippen molar-refractivity contribution in [3.05, 3.63) is 77.4 Å². The molecule has 0 radical (unpaired) electrons. The first kappa shape index (κ1) is 24.0. The summed E-state index contributed by atoms with van der Waals surface area (Å²) >= 11 is 0. The van der Waals surface area contributed by atoms with Crippen molar-refractivity contribution in [2.45, 2.75) is 37.8 Å². The Balaban J connectivity index is 1.41. The molecule has 1 amide bonds. The van der Waals surface area contributed by atoms with Crippen LogP contribution in [0, 0.1) is 13.8 Å². The molecule has 0 saturated carbocycles. The molecule has 0 spiro atoms. The summed E-state index contributed by atoms with van der Waals surface area (Å²) in [5, 5.41) is 2.95. The number of benzene rings is 3. The first-order valence-corrected chi connectivity index (χ1v) is 13.2. The summed E-state index contributed by atoms with van der Waals surface area (Å²) in [7, 11) is -3.92. The number of aryl methyl sites for hydroxylation is 2. The van der Waals surface area contributed by atoms with Crippen molar-refractivity contribution in [3.63, 3.8) is 0 Å². The van der Waals surface area contributed by atoms with Gasteiger partial charge in [-0.1, -0.05) is 29.8 Å². The first-order chi connectivity index (χ1) is 17.2. The second-order valence-corrected chi connectivity index (χ2v) is 10.9. The van der Waals surface area contributed by atoms with Crippen LogP contribution in [0.3, 0.4) is 0 Å². The number of hydrogen-bond acceptors (Lipinski definition) is 6. The number of sulfonamides is 1. The van der Waals surface area contributed by atoms with Crippen molar-refractivity contribution < 1.29 is 27.4 Å². The second-order valence-electron chi connectivity index (χ2n) is 9.06. The lowest BCUT2D eigenvalue weighted by molar-refractivity contribution is -0.128. The Labute approximate surface area is 210 Å². The van der Waals surface area contributed by atoms with Gasteiger partial charge in [-0.25, -0.2) is 8.42 Å². The highest BCUT2D eigenvalue weighted by Crippen LogP contribution is 2.38. The van der Waals surface area contributed by atoms with Crippen molar-refractivity contribution in [2.75, 3.05) is 24.1 Å². The summed E-state index contributed by atoms with van der Waals surface area (Å²) in [4.78, 5) is 13.4. The fraction of sp³-hybridized carbons (Fsp3) is 0.296. The molecule has 5 rings (SSSR count). The van der Waals surface area contributed by atoms with E-state index in [2.05, 4.69) is 5.32 Å². The van der Waals surface area contributed by atoms with E-state index in [9.17, 15) is 13.2 Å². The summed E-state index contributed by atoms with van der Waals surface area (Å²) < 4.78 is 45.7. The Kier molecular flexibility index (Phi) is 6.26. The molecular formula is C27H28N2O6S. The number of carbonyl (C=O) groups excluding carboxylic acids is 1. The third kappa shape index (κ3) is 4.58. The van der Waals surface area contributed by atoms with Crippen LogP contribution in [0.25, 0.3) is 0 Å². The standard InChI is InChI=1S/C27H28N2O6S/c1-17-4-8-21(9-5-17)36(31,32)29-16-26(35-23-10-6-18(2)14-22(23)29)27(30)28-19(3)20-7-11-24-25(15-20)34-13-12-33-24/h4-11,14-15,19,26H,12-13,16H2,1-3H3,(H,28,30)/t19-,26-/m1/s1. The molecule has 0 fully saturated rings. The molecule has 0 saturated heterocycles. The molecule has 0 aromatic heterocycles. The number of hydrogen-bond donors (Lipinski definition) is 1. The smallest absolute Gasteiger partial charge is 0.264 e. The number of amides is 1. The molecule has 0 aliphatic carbocycles. The normalized spacial score (nSPS) is 17.5. The molecule has 8 nitrogen and oxygen atoms in total. The number of anilines is 1. The Morgan fingerprint density at radius 2 is 1.58 bits per heavy atom. The van der Waals surface area contributed by atoms with Gasteiger partial charge < -0.3 is 19.5 Å². The second kappa shape index (κ2) is 9.39. The highest BCUT2D eigenvalue weighted by molar-refractivity contribution is 7.92. The monoisotopic (exact) mass is 508 g/mol. The Hall–Kier alpha value is -3.72. The molecule has 2 atom stereocenters. The van der Waals surface area contributed by atoms with Crippen LogP contribution in [-0.4, -0.2) is 40.2 Å². The maximum Gasteiger partial charge on any atom is 0.264 e. The molecule has 1 N–H and O–H groups in total. The Morgan fingerprint density at radius 1 is 0.917 bits per heavy atom. The summed E-state index contributed by atoms with van der Waals surface area (Å²) in [6.07, 6.45) is -1.03. The van der Waals surface area contributed by atoms with E-state index in [4.69, 9.17) is 14.2 Å². The van der Waals surface area contributed by atoms with Crippen LogP contribution in [0.5, 0.6) is 17.2 Å². The summed E-state index contributed by atoms with van der Waals surface area (Å²) in [6, 6.07) is 17.1. The molecule has 0 unspecified atom stereocenters. The van der Waals surface area contributed by atoms with Crippen LogP contribution < -0.4 is 23.8 Å². The van der Waals surface area contributed by atoms with Gasteiger partial charge in [0.2, 0.25) is 0 Å². The molecule has 36 heavy (non-hydrogen) atoms. The Morgan fingerprint density at radius 3 is 2.33 bits per heavy atom. The van der Waals surface area contributed by atoms with Gasteiger partial charge in [0.25, 0.3) is 15.9 Å². The molecule has 9 heteroatoms. The lowest BCUT2D eigenvalue weighted by atomic mass is 10.1. The van der Waals surface area contributed by atoms with E-state index in [0.29, 0.717) is 36.1 Å². The quantitative estimate of drug-likeness (QED) is 0.562. The minimum absolute atomic E-state index is 0.146. The maximum atomic E-state index is 13.6. The van der Waals surface area contributed by atoms with E-state index in [0.717, 1.165) is 16.7 Å². The molecular weight excluding hydrogens is 480 g/mol. The number of nitrogens with one attached hydrogen (secondary N) is 1. The van der Waals surface area contributed by atoms with E-state index in [-0.39, 0.29) is 17.5 Å². The minimum Gasteiger partial charge on any atom is -0.486 e. The van der Waals surface area contributed by atoms with Crippen LogP contribution >= 0.6 is 0 Å². The highest BCUT2D eigenvalue weighted by atomic mass is 32.2. The van der Waals surface area contributed by atoms with Gasteiger partial charge in [-0.15, -0.1) is 0 Å². The van der Waals surface area contributed by atoms with Crippen molar-refractivity contribution in [2.24, 2.45) is 0 Å². The zero-order valence-electron chi connectivity index (χ0n) is 20.4. The third-order valence-corrected chi connectivity index (χ3v) is 8.10. The van der Waals surface area contributed by atoms with Gasteiger partial charge in [0.1, 0.15) is 19.0 Å². The average Bonchev–Trinajstić information content (AvgIpc) is 2.87. The molecule has 188 valence electrons. The van der Waals surface area contributed by atoms with Gasteiger partial charge in [-0.05, 0) is 68.3 Å². The lowest BCUT2D eigenvalue weighted by Gasteiger charge is -2.35. The zero-order valence-corrected chi connectivity index (χ0v) is 21.2. The minimum atomic E-state index is -3.92. The molecule has 3 aromatic carbocycles. The van der Waals surface area contributed by atoms with E-state index in [1.54, 1.807) is 36.4 Å². The largest absolute Gasteiger partial charge is 0.486 e. The van der Waals surface area contributed by atoms with Gasteiger partial charge in [-0.2, -0.15) is 0 Å². The Bertz CT molecular complexity index is 1400. The predicted molar refractivity (Wildman–Crippen MR) is 135 cm³/mol. The third-order valence-electron chi connectivity index (χ3n) is 6.31. The van der Waals surface area contributed by atoms with Crippen molar-refractivity contribution in [1.29, 1.82) is 0 Å². The number of carbonyl (C=O) groups is 1. The fourth-order valence-corrected chi connectivity index (χ4v) is 5.75. The SMILES string of the molecule is Cc1ccc(S(=O)(=O)N2C[C@H](C(=O)N[C@H](C)c3ccc4c(c3)OCCO4)Oc3ccc(C)cc32)cc1. The van der Waals surface area contributed by atoms with Crippen LogP contribution in [0.15, 0.2) is 65.6 Å². The van der Waals surface area contributed by atoms with E-state index < -0.39 is 22.0 Å². The fourth-order valence-electron chi connectivity index (χ4n) is 4.28. The number of nitrogens with zero attached hydrogens (tertiary/aromatic N) is 1. The molecule has 3 aromatic rings. The highest BCUT2D eigenvalue weighted by Gasteiger charge is 2.38. The van der Waals surface area contributed by atoms with Crippen molar-refractivity contribution >= 4 is 21.6 Å². The van der Waals surface area contributed by atoms with Crippen molar-refractivity contribution in [1.82, 2.24) is 5.32 Å². The van der Waals surface area contributed by atoms with Gasteiger partial charge in [0, 0.05) is 0 Å². The summed E-state index contributed by atoms with van der Waals surface area (Å²) in [5.41, 5.74) is 3.09. The van der Waals surface area contributed by atoms with Crippen LogP contribution in [0.2, 0.25) is 0 Å². The average molecular weight is 509 g/mol. The van der Waals surface area contributed by atoms with Crippen LogP contribution in [-0.2, 0) is 14.8 Å². The van der Waals surface area contributed by atoms with Gasteiger partial charge in [0.15, 0.2) is 17.6 Å². The number of fused-ring (bicyclic) bond motifs is 2. The van der Waals surface area contributed by atoms with Gasteiger partial charge >= 0.3 is 0 Å². The summed E-state index contributed by atoms with van der Waals surface area (Å²) in [6.45, 7) is 6.45. The maximum absolute atomic E-state index is 13.6. The van der Waals surface area contributed by atoms with Gasteiger partial charge in [-0.3, -0.25) is 9.10 Å². The van der Waals surface area contributed by atoms with Crippen LogP contribution in [0.4, 0.5) is 5.69 Å². The number of ether oxygens (including phenoxy) is 3. The summed E-state index contributed by atoms with van der Waals surface area (Å²) in [5.74, 6) is 1.24. The molecule has 2 heterocycles. The van der Waals surface area contributed by atoms with Crippen molar-refractivity contribution in [3.8, 4) is 17.2 Å². The molecule has 0 bridgehead atoms. The molecule has 2 aliphatic heterocycles.